The van der Waals surface area contributed by atoms with Crippen LogP contribution in [0.5, 0.6) is 0 Å². The minimum atomic E-state index is -0.0453. The summed E-state index contributed by atoms with van der Waals surface area (Å²) in [6, 6.07) is 2.54. The van der Waals surface area contributed by atoms with E-state index in [9.17, 15) is 0 Å². The highest BCUT2D eigenvalue weighted by atomic mass is 15.2. The van der Waals surface area contributed by atoms with Gasteiger partial charge in [-0.1, -0.05) is 34.6 Å². The molecule has 0 aliphatic heterocycles. The monoisotopic (exact) mass is 264 g/mol. The van der Waals surface area contributed by atoms with Crippen molar-refractivity contribution in [3.8, 4) is 0 Å². The molecule has 1 rings (SSSR count). The Morgan fingerprint density at radius 2 is 1.79 bits per heavy atom. The van der Waals surface area contributed by atoms with Crippen LogP contribution in [0.1, 0.15) is 53.3 Å². The number of nitrogens with one attached hydrogen (secondary N) is 1. The molecule has 19 heavy (non-hydrogen) atoms. The van der Waals surface area contributed by atoms with Gasteiger partial charge in [-0.05, 0) is 12.8 Å². The van der Waals surface area contributed by atoms with Crippen LogP contribution in [-0.4, -0.2) is 30.1 Å². The standard InChI is InChI=1S/C15H28N4/c1-8-11(9-2)19(7)13-10-12(16-6)17-14(18-13)15(3,4)5/h10-11H,8-9H2,1-7H3,(H,16,17,18). The first-order valence-corrected chi connectivity index (χ1v) is 7.13. The maximum absolute atomic E-state index is 4.74. The van der Waals surface area contributed by atoms with Crippen LogP contribution >= 0.6 is 0 Å². The van der Waals surface area contributed by atoms with Gasteiger partial charge in [0, 0.05) is 31.6 Å². The lowest BCUT2D eigenvalue weighted by atomic mass is 9.95. The Balaban J connectivity index is 3.20. The Kier molecular flexibility index (Phi) is 5.15. The highest BCUT2D eigenvalue weighted by Crippen LogP contribution is 2.25. The number of anilines is 2. The summed E-state index contributed by atoms with van der Waals surface area (Å²) >= 11 is 0. The van der Waals surface area contributed by atoms with Crippen molar-refractivity contribution < 1.29 is 0 Å². The normalized spacial score (nSPS) is 11.8. The summed E-state index contributed by atoms with van der Waals surface area (Å²) in [5.74, 6) is 2.76. The van der Waals surface area contributed by atoms with Crippen LogP contribution in [0.25, 0.3) is 0 Å². The van der Waals surface area contributed by atoms with E-state index < -0.39 is 0 Å². The van der Waals surface area contributed by atoms with Crippen LogP contribution in [0.3, 0.4) is 0 Å². The van der Waals surface area contributed by atoms with Gasteiger partial charge in [-0.15, -0.1) is 0 Å². The first kappa shape index (κ1) is 15.7. The van der Waals surface area contributed by atoms with Gasteiger partial charge in [-0.25, -0.2) is 9.97 Å². The molecule has 1 N–H and O–H groups in total. The average molecular weight is 264 g/mol. The fraction of sp³-hybridized carbons (Fsp3) is 0.733. The molecule has 0 saturated carbocycles. The van der Waals surface area contributed by atoms with Gasteiger partial charge in [-0.3, -0.25) is 0 Å². The summed E-state index contributed by atoms with van der Waals surface area (Å²) in [4.78, 5) is 11.6. The molecular weight excluding hydrogens is 236 g/mol. The minimum absolute atomic E-state index is 0.0453. The van der Waals surface area contributed by atoms with Gasteiger partial charge < -0.3 is 10.2 Å². The number of rotatable bonds is 5. The van der Waals surface area contributed by atoms with E-state index in [1.165, 1.54) is 0 Å². The second-order valence-corrected chi connectivity index (χ2v) is 6.02. The molecule has 0 bridgehead atoms. The molecule has 108 valence electrons. The fourth-order valence-corrected chi connectivity index (χ4v) is 2.10. The molecule has 1 aromatic heterocycles. The van der Waals surface area contributed by atoms with Gasteiger partial charge >= 0.3 is 0 Å². The van der Waals surface area contributed by atoms with Gasteiger partial charge in [0.1, 0.15) is 17.5 Å². The van der Waals surface area contributed by atoms with E-state index in [-0.39, 0.29) is 5.41 Å². The summed E-state index contributed by atoms with van der Waals surface area (Å²) in [7, 11) is 4.02. The SMILES string of the molecule is CCC(CC)N(C)c1cc(NC)nc(C(C)(C)C)n1. The molecule has 0 unspecified atom stereocenters. The van der Waals surface area contributed by atoms with Gasteiger partial charge in [0.05, 0.1) is 0 Å². The van der Waals surface area contributed by atoms with E-state index in [1.54, 1.807) is 0 Å². The van der Waals surface area contributed by atoms with Crippen LogP contribution in [-0.2, 0) is 5.41 Å². The number of nitrogens with zero attached hydrogens (tertiary/aromatic N) is 3. The van der Waals surface area contributed by atoms with E-state index in [0.717, 1.165) is 30.3 Å². The first-order chi connectivity index (χ1) is 8.83. The van der Waals surface area contributed by atoms with Crippen LogP contribution in [0.4, 0.5) is 11.6 Å². The van der Waals surface area contributed by atoms with Crippen molar-refractivity contribution in [3.05, 3.63) is 11.9 Å². The third kappa shape index (κ3) is 3.82. The van der Waals surface area contributed by atoms with E-state index >= 15 is 0 Å². The van der Waals surface area contributed by atoms with Crippen molar-refractivity contribution in [1.82, 2.24) is 9.97 Å². The highest BCUT2D eigenvalue weighted by molar-refractivity contribution is 5.49. The summed E-state index contributed by atoms with van der Waals surface area (Å²) < 4.78 is 0. The van der Waals surface area contributed by atoms with Crippen molar-refractivity contribution >= 4 is 11.6 Å². The molecule has 0 saturated heterocycles. The summed E-state index contributed by atoms with van der Waals surface area (Å²) in [6.07, 6.45) is 2.24. The zero-order valence-corrected chi connectivity index (χ0v) is 13.4. The minimum Gasteiger partial charge on any atom is -0.373 e. The molecule has 0 amide bonds. The third-order valence-electron chi connectivity index (χ3n) is 3.49. The van der Waals surface area contributed by atoms with Crippen LogP contribution < -0.4 is 10.2 Å². The Morgan fingerprint density at radius 1 is 1.21 bits per heavy atom. The van der Waals surface area contributed by atoms with Crippen molar-refractivity contribution in [1.29, 1.82) is 0 Å². The second kappa shape index (κ2) is 6.22. The van der Waals surface area contributed by atoms with E-state index in [2.05, 4.69) is 56.9 Å². The molecule has 0 atom stereocenters. The number of aromatic nitrogens is 2. The average Bonchev–Trinajstić information content (AvgIpc) is 2.38. The van der Waals surface area contributed by atoms with Gasteiger partial charge in [0.25, 0.3) is 0 Å². The number of hydrogen-bond donors (Lipinski definition) is 1. The molecule has 4 nitrogen and oxygen atoms in total. The van der Waals surface area contributed by atoms with Gasteiger partial charge in [0.2, 0.25) is 0 Å². The Hall–Kier alpha value is -1.32. The van der Waals surface area contributed by atoms with E-state index in [0.29, 0.717) is 6.04 Å². The van der Waals surface area contributed by atoms with Crippen LogP contribution in [0.2, 0.25) is 0 Å². The summed E-state index contributed by atoms with van der Waals surface area (Å²) in [5, 5.41) is 3.13. The molecule has 0 radical (unpaired) electrons. The lowest BCUT2D eigenvalue weighted by Gasteiger charge is -2.29. The predicted octanol–water partition coefficient (Wildman–Crippen LogP) is 3.44. The van der Waals surface area contributed by atoms with Gasteiger partial charge in [0.15, 0.2) is 0 Å². The van der Waals surface area contributed by atoms with Crippen molar-refractivity contribution in [2.75, 3.05) is 24.3 Å². The van der Waals surface area contributed by atoms with E-state index in [4.69, 9.17) is 4.98 Å². The molecule has 1 heterocycles. The maximum Gasteiger partial charge on any atom is 0.138 e. The largest absolute Gasteiger partial charge is 0.373 e. The van der Waals surface area contributed by atoms with Crippen molar-refractivity contribution in [2.24, 2.45) is 0 Å². The van der Waals surface area contributed by atoms with Crippen LogP contribution in [0, 0.1) is 0 Å². The van der Waals surface area contributed by atoms with Crippen molar-refractivity contribution in [3.63, 3.8) is 0 Å². The van der Waals surface area contributed by atoms with Crippen molar-refractivity contribution in [2.45, 2.75) is 58.9 Å². The second-order valence-electron chi connectivity index (χ2n) is 6.02. The molecule has 4 heteroatoms. The zero-order chi connectivity index (χ0) is 14.6. The highest BCUT2D eigenvalue weighted by Gasteiger charge is 2.21. The molecule has 1 aromatic rings. The Morgan fingerprint density at radius 3 is 2.21 bits per heavy atom. The predicted molar refractivity (Wildman–Crippen MR) is 83.1 cm³/mol. The van der Waals surface area contributed by atoms with E-state index in [1.807, 2.05) is 13.1 Å². The molecule has 0 aliphatic rings. The zero-order valence-electron chi connectivity index (χ0n) is 13.4. The maximum atomic E-state index is 4.74. The molecule has 0 spiro atoms. The first-order valence-electron chi connectivity index (χ1n) is 7.13. The third-order valence-corrected chi connectivity index (χ3v) is 3.49. The summed E-state index contributed by atoms with van der Waals surface area (Å²) in [5.41, 5.74) is -0.0453. The quantitative estimate of drug-likeness (QED) is 0.884. The lowest BCUT2D eigenvalue weighted by molar-refractivity contribution is 0.538. The van der Waals surface area contributed by atoms with Gasteiger partial charge in [-0.2, -0.15) is 0 Å². The molecule has 0 aromatic carbocycles. The molecule has 0 aliphatic carbocycles. The Labute approximate surface area is 117 Å². The Bertz CT molecular complexity index is 405. The molecule has 0 fully saturated rings. The topological polar surface area (TPSA) is 41.0 Å². The summed E-state index contributed by atoms with van der Waals surface area (Å²) in [6.45, 7) is 10.9. The molecular formula is C15H28N4. The fourth-order valence-electron chi connectivity index (χ4n) is 2.10. The lowest BCUT2D eigenvalue weighted by Crippen LogP contribution is -2.32. The smallest absolute Gasteiger partial charge is 0.138 e. The van der Waals surface area contributed by atoms with Crippen LogP contribution in [0.15, 0.2) is 6.07 Å². The number of hydrogen-bond acceptors (Lipinski definition) is 4.